The number of carbonyl (C=O) groups is 4. The van der Waals surface area contributed by atoms with Gasteiger partial charge < -0.3 is 33.5 Å². The summed E-state index contributed by atoms with van der Waals surface area (Å²) in [7, 11) is 0. The van der Waals surface area contributed by atoms with Crippen LogP contribution in [0.3, 0.4) is 0 Å². The minimum atomic E-state index is -1.31. The summed E-state index contributed by atoms with van der Waals surface area (Å²) in [6.07, 6.45) is 6.08. The van der Waals surface area contributed by atoms with Crippen molar-refractivity contribution in [2.45, 2.75) is 168 Å². The number of piperidine rings is 1. The standard InChI is InChI=1S/C44H62N4O11/c1-22-15-36-38(24(3)44(59-36)14-12-32-33-10-9-29-16-31(53)11-13-43(29,8)35(33)17-34(32)23(44)2)47(18-22)19-30-20-48(46-45-30)42-41(57-28(7)52)40(56-27(6)51)39(55-26(5)50)37(58-42)21-54-25(4)49/h9,20,22,24,31-33,35-42,53H,10-19,21H2,1-8H3/t22-,24+,31-,32-,33-,35-,36+,37+,38-,39+,40-,41-,42?,43-,44-/m0/s1. The number of carbonyl (C=O) groups excluding carboxylic acids is 4. The Morgan fingerprint density at radius 3 is 2.37 bits per heavy atom. The molecule has 0 aromatic carbocycles. The molecule has 4 heterocycles. The zero-order valence-corrected chi connectivity index (χ0v) is 35.8. The van der Waals surface area contributed by atoms with Crippen molar-refractivity contribution in [1.82, 2.24) is 19.9 Å². The molecule has 0 bridgehead atoms. The van der Waals surface area contributed by atoms with E-state index in [4.69, 9.17) is 28.4 Å². The molecule has 1 spiro atoms. The van der Waals surface area contributed by atoms with Crippen molar-refractivity contribution in [2.24, 2.45) is 35.0 Å². The molecule has 324 valence electrons. The number of rotatable bonds is 8. The molecular formula is C44H62N4O11. The van der Waals surface area contributed by atoms with Crippen LogP contribution < -0.4 is 0 Å². The summed E-state index contributed by atoms with van der Waals surface area (Å²) in [5.74, 6) is -0.190. The minimum absolute atomic E-state index is 0.0601. The van der Waals surface area contributed by atoms with Gasteiger partial charge in [0, 0.05) is 52.7 Å². The molecule has 7 aliphatic rings. The second-order valence-electron chi connectivity index (χ2n) is 18.9. The highest BCUT2D eigenvalue weighted by Crippen LogP contribution is 2.65. The lowest BCUT2D eigenvalue weighted by molar-refractivity contribution is -0.270. The maximum absolute atomic E-state index is 12.5. The van der Waals surface area contributed by atoms with E-state index in [9.17, 15) is 24.3 Å². The highest BCUT2D eigenvalue weighted by molar-refractivity contribution is 5.68. The van der Waals surface area contributed by atoms with Gasteiger partial charge in [-0.25, -0.2) is 4.68 Å². The van der Waals surface area contributed by atoms with Gasteiger partial charge in [-0.1, -0.05) is 43.2 Å². The van der Waals surface area contributed by atoms with Crippen molar-refractivity contribution in [3.05, 3.63) is 34.7 Å². The van der Waals surface area contributed by atoms with E-state index in [0.717, 1.165) is 57.9 Å². The van der Waals surface area contributed by atoms with Crippen molar-refractivity contribution in [1.29, 1.82) is 0 Å². The normalized spacial score (nSPS) is 41.6. The summed E-state index contributed by atoms with van der Waals surface area (Å²) in [5.41, 5.74) is 5.06. The third kappa shape index (κ3) is 7.56. The first-order chi connectivity index (χ1) is 28.0. The molecule has 8 rings (SSSR count). The van der Waals surface area contributed by atoms with Gasteiger partial charge in [0.25, 0.3) is 0 Å². The van der Waals surface area contributed by atoms with Crippen LogP contribution >= 0.6 is 0 Å². The minimum Gasteiger partial charge on any atom is -0.463 e. The van der Waals surface area contributed by atoms with E-state index >= 15 is 0 Å². The number of hydrogen-bond acceptors (Lipinski definition) is 14. The maximum Gasteiger partial charge on any atom is 0.303 e. The van der Waals surface area contributed by atoms with Gasteiger partial charge in [0.15, 0.2) is 24.5 Å². The number of aromatic nitrogens is 3. The quantitative estimate of drug-likeness (QED) is 0.216. The lowest BCUT2D eigenvalue weighted by Crippen LogP contribution is -2.60. The number of aliphatic hydroxyl groups is 1. The lowest BCUT2D eigenvalue weighted by atomic mass is 9.56. The molecule has 2 saturated carbocycles. The van der Waals surface area contributed by atoms with Gasteiger partial charge >= 0.3 is 23.9 Å². The van der Waals surface area contributed by atoms with Gasteiger partial charge in [-0.3, -0.25) is 24.1 Å². The number of likely N-dealkylation sites (tertiary alicyclic amines) is 1. The molecule has 3 aliphatic heterocycles. The van der Waals surface area contributed by atoms with E-state index in [2.05, 4.69) is 49.0 Å². The third-order valence-electron chi connectivity index (χ3n) is 15.2. The predicted octanol–water partition coefficient (Wildman–Crippen LogP) is 4.76. The second-order valence-corrected chi connectivity index (χ2v) is 18.9. The fourth-order valence-corrected chi connectivity index (χ4v) is 12.8. The Bertz CT molecular complexity index is 1900. The monoisotopic (exact) mass is 822 g/mol. The van der Waals surface area contributed by atoms with Gasteiger partial charge in [-0.05, 0) is 93.0 Å². The smallest absolute Gasteiger partial charge is 0.303 e. The zero-order valence-electron chi connectivity index (χ0n) is 35.8. The van der Waals surface area contributed by atoms with E-state index in [-0.39, 0.29) is 41.8 Å². The molecule has 0 amide bonds. The van der Waals surface area contributed by atoms with Gasteiger partial charge in [0.2, 0.25) is 0 Å². The van der Waals surface area contributed by atoms with Crippen LogP contribution in [-0.4, -0.2) is 110 Å². The first-order valence-corrected chi connectivity index (χ1v) is 21.7. The SMILES string of the molecule is CC(=O)OC[C@H]1OC(n2cc(CN3C[C@@H](C)C[C@H]4O[C@]5(CC[C@@H]6C(=C5C)C[C@H]5[C@H]6CC=C6C[C@@H](O)CC[C@@]65C)[C@H](C)[C@@H]43)nn2)[C@@H](OC(C)=O)[C@@H](OC(C)=O)[C@@H]1OC(C)=O. The van der Waals surface area contributed by atoms with Crippen molar-refractivity contribution in [3.63, 3.8) is 0 Å². The van der Waals surface area contributed by atoms with Gasteiger partial charge in [-0.15, -0.1) is 5.10 Å². The average molecular weight is 823 g/mol. The van der Waals surface area contributed by atoms with E-state index in [1.54, 1.807) is 11.8 Å². The topological polar surface area (TPSA) is 178 Å². The molecule has 1 aromatic heterocycles. The van der Waals surface area contributed by atoms with Crippen LogP contribution in [0.2, 0.25) is 0 Å². The van der Waals surface area contributed by atoms with Crippen LogP contribution in [0.5, 0.6) is 0 Å². The van der Waals surface area contributed by atoms with Crippen molar-refractivity contribution < 1.29 is 52.7 Å². The van der Waals surface area contributed by atoms with E-state index in [1.807, 2.05) is 0 Å². The first kappa shape index (κ1) is 42.0. The zero-order chi connectivity index (χ0) is 42.1. The fourth-order valence-electron chi connectivity index (χ4n) is 12.8. The number of ether oxygens (including phenoxy) is 6. The Labute approximate surface area is 346 Å². The number of hydrogen-bond donors (Lipinski definition) is 1. The molecule has 1 N–H and O–H groups in total. The van der Waals surface area contributed by atoms with Crippen LogP contribution in [-0.2, 0) is 54.1 Å². The molecule has 1 aromatic rings. The largest absolute Gasteiger partial charge is 0.463 e. The molecule has 59 heavy (non-hydrogen) atoms. The molecular weight excluding hydrogens is 761 g/mol. The molecule has 0 radical (unpaired) electrons. The highest BCUT2D eigenvalue weighted by Gasteiger charge is 2.62. The Morgan fingerprint density at radius 2 is 1.66 bits per heavy atom. The van der Waals surface area contributed by atoms with Crippen LogP contribution in [0.15, 0.2) is 29.0 Å². The average Bonchev–Trinajstić information content (AvgIpc) is 3.86. The van der Waals surface area contributed by atoms with E-state index < -0.39 is 54.5 Å². The Hall–Kier alpha value is -3.66. The number of allylic oxidation sites excluding steroid dienone is 2. The van der Waals surface area contributed by atoms with Crippen molar-refractivity contribution in [2.75, 3.05) is 13.2 Å². The molecule has 4 aliphatic carbocycles. The number of esters is 4. The Morgan fingerprint density at radius 1 is 0.949 bits per heavy atom. The summed E-state index contributed by atoms with van der Waals surface area (Å²) >= 11 is 0. The summed E-state index contributed by atoms with van der Waals surface area (Å²) < 4.78 is 37.3. The van der Waals surface area contributed by atoms with Crippen molar-refractivity contribution in [3.8, 4) is 0 Å². The molecule has 3 saturated heterocycles. The molecule has 1 unspecified atom stereocenters. The molecule has 15 atom stereocenters. The number of nitrogens with zero attached hydrogens (tertiary/aromatic N) is 4. The van der Waals surface area contributed by atoms with E-state index in [0.29, 0.717) is 35.9 Å². The molecule has 15 heteroatoms. The summed E-state index contributed by atoms with van der Waals surface area (Å²) in [4.78, 5) is 51.4. The molecule has 15 nitrogen and oxygen atoms in total. The van der Waals surface area contributed by atoms with Crippen LogP contribution in [0.4, 0.5) is 0 Å². The van der Waals surface area contributed by atoms with Gasteiger partial charge in [0.1, 0.15) is 12.7 Å². The number of aliphatic hydroxyl groups excluding tert-OH is 1. The van der Waals surface area contributed by atoms with Crippen LogP contribution in [0.25, 0.3) is 0 Å². The van der Waals surface area contributed by atoms with Crippen molar-refractivity contribution >= 4 is 23.9 Å². The lowest BCUT2D eigenvalue weighted by Gasteiger charge is -2.49. The molecule has 5 fully saturated rings. The van der Waals surface area contributed by atoms with Crippen LogP contribution in [0.1, 0.15) is 119 Å². The fraction of sp³-hybridized carbons (Fsp3) is 0.773. The second kappa shape index (κ2) is 16.0. The Balaban J connectivity index is 1.05. The third-order valence-corrected chi connectivity index (χ3v) is 15.2. The number of fused-ring (bicyclic) bond motifs is 6. The van der Waals surface area contributed by atoms with E-state index in [1.165, 1.54) is 43.5 Å². The summed E-state index contributed by atoms with van der Waals surface area (Å²) in [5, 5.41) is 19.5. The summed E-state index contributed by atoms with van der Waals surface area (Å²) in [6, 6.07) is 0.156. The van der Waals surface area contributed by atoms with Gasteiger partial charge in [0.05, 0.1) is 29.7 Å². The van der Waals surface area contributed by atoms with Gasteiger partial charge in [-0.2, -0.15) is 0 Å². The summed E-state index contributed by atoms with van der Waals surface area (Å²) in [6.45, 7) is 15.3. The maximum atomic E-state index is 12.5. The first-order valence-electron chi connectivity index (χ1n) is 21.7. The predicted molar refractivity (Wildman–Crippen MR) is 210 cm³/mol. The van der Waals surface area contributed by atoms with Crippen LogP contribution in [0, 0.1) is 35.0 Å². The highest BCUT2D eigenvalue weighted by atomic mass is 16.7. The Kier molecular flexibility index (Phi) is 11.4.